The van der Waals surface area contributed by atoms with Crippen LogP contribution >= 0.6 is 0 Å². The highest BCUT2D eigenvalue weighted by molar-refractivity contribution is 5.73. The Kier molecular flexibility index (Phi) is 6.70. The summed E-state index contributed by atoms with van der Waals surface area (Å²) in [5.74, 6) is 0.0682. The van der Waals surface area contributed by atoms with Crippen molar-refractivity contribution in [1.29, 1.82) is 0 Å². The molecule has 0 radical (unpaired) electrons. The van der Waals surface area contributed by atoms with Crippen LogP contribution < -0.4 is 5.32 Å². The van der Waals surface area contributed by atoms with Gasteiger partial charge in [0.2, 0.25) is 5.95 Å². The number of carboxylic acids is 1. The molecule has 0 aliphatic heterocycles. The zero-order valence-corrected chi connectivity index (χ0v) is 17.6. The van der Waals surface area contributed by atoms with Crippen LogP contribution in [-0.2, 0) is 4.79 Å². The molecule has 0 amide bonds. The van der Waals surface area contributed by atoms with Crippen LogP contribution in [0.1, 0.15) is 17.4 Å². The number of nitrogens with zero attached hydrogens (tertiary/aromatic N) is 6. The smallest absolute Gasteiger partial charge is 0.475 e. The van der Waals surface area contributed by atoms with Gasteiger partial charge in [0, 0.05) is 18.0 Å². The summed E-state index contributed by atoms with van der Waals surface area (Å²) >= 11 is 0. The molecule has 4 aromatic rings. The van der Waals surface area contributed by atoms with Crippen molar-refractivity contribution in [2.75, 3.05) is 5.32 Å². The summed E-state index contributed by atoms with van der Waals surface area (Å²) in [4.78, 5) is 22.0. The number of hydrogen-bond acceptors (Lipinski definition) is 8. The molecule has 10 nitrogen and oxygen atoms in total. The summed E-state index contributed by atoms with van der Waals surface area (Å²) in [7, 11) is 0. The van der Waals surface area contributed by atoms with E-state index in [0.717, 1.165) is 28.8 Å². The Labute approximate surface area is 185 Å². The maximum atomic E-state index is 10.6. The fourth-order valence-electron chi connectivity index (χ4n) is 2.63. The number of aromatic nitrogens is 6. The summed E-state index contributed by atoms with van der Waals surface area (Å²) in [6.07, 6.45) is -3.40. The first-order valence-corrected chi connectivity index (χ1v) is 9.37. The van der Waals surface area contributed by atoms with Gasteiger partial charge in [-0.05, 0) is 51.1 Å². The fraction of sp³-hybridized carbons (Fsp3) is 0.200. The van der Waals surface area contributed by atoms with Gasteiger partial charge in [-0.2, -0.15) is 18.3 Å². The molecule has 3 heterocycles. The van der Waals surface area contributed by atoms with Crippen molar-refractivity contribution in [2.45, 2.75) is 26.9 Å². The minimum Gasteiger partial charge on any atom is -0.475 e. The van der Waals surface area contributed by atoms with Crippen LogP contribution in [0.2, 0.25) is 0 Å². The van der Waals surface area contributed by atoms with E-state index in [9.17, 15) is 13.2 Å². The Bertz CT molecular complexity index is 1250. The van der Waals surface area contributed by atoms with Gasteiger partial charge in [-0.25, -0.2) is 24.4 Å². The van der Waals surface area contributed by atoms with Gasteiger partial charge in [-0.15, -0.1) is 0 Å². The molecule has 0 unspecified atom stereocenters. The van der Waals surface area contributed by atoms with Gasteiger partial charge in [-0.3, -0.25) is 0 Å². The molecule has 3 aromatic heterocycles. The number of carbonyl (C=O) groups is 1. The lowest BCUT2D eigenvalue weighted by Gasteiger charge is -2.07. The van der Waals surface area contributed by atoms with Gasteiger partial charge < -0.3 is 14.9 Å². The van der Waals surface area contributed by atoms with Crippen LogP contribution in [0.15, 0.2) is 47.1 Å². The molecule has 0 saturated carbocycles. The molecule has 0 spiro atoms. The van der Waals surface area contributed by atoms with Crippen molar-refractivity contribution >= 4 is 17.6 Å². The van der Waals surface area contributed by atoms with E-state index in [2.05, 4.69) is 30.5 Å². The lowest BCUT2D eigenvalue weighted by molar-refractivity contribution is -0.192. The van der Waals surface area contributed by atoms with Gasteiger partial charge in [0.15, 0.2) is 0 Å². The van der Waals surface area contributed by atoms with E-state index in [4.69, 9.17) is 14.4 Å². The topological polar surface area (TPSA) is 132 Å². The van der Waals surface area contributed by atoms with Gasteiger partial charge in [0.25, 0.3) is 0 Å². The molecular weight excluding hydrogens is 443 g/mol. The number of halogens is 3. The van der Waals surface area contributed by atoms with Crippen LogP contribution in [-0.4, -0.2) is 47.1 Å². The highest BCUT2D eigenvalue weighted by Crippen LogP contribution is 2.20. The van der Waals surface area contributed by atoms with E-state index >= 15 is 0 Å². The number of anilines is 2. The van der Waals surface area contributed by atoms with E-state index < -0.39 is 12.1 Å². The molecule has 0 bridgehead atoms. The van der Waals surface area contributed by atoms with Gasteiger partial charge in [0.05, 0.1) is 11.4 Å². The first kappa shape index (κ1) is 23.4. The summed E-state index contributed by atoms with van der Waals surface area (Å²) < 4.78 is 38.6. The lowest BCUT2D eigenvalue weighted by Crippen LogP contribution is -2.21. The third-order valence-corrected chi connectivity index (χ3v) is 4.03. The van der Waals surface area contributed by atoms with E-state index in [-0.39, 0.29) is 0 Å². The van der Waals surface area contributed by atoms with Gasteiger partial charge >= 0.3 is 12.1 Å². The minimum atomic E-state index is -5.08. The third-order valence-electron chi connectivity index (χ3n) is 4.03. The number of nitrogens with one attached hydrogen (secondary N) is 1. The second kappa shape index (κ2) is 9.46. The first-order valence-electron chi connectivity index (χ1n) is 9.37. The SMILES string of the molecule is Cc1nc(C)n(-c2ccc(Nc3nccc(-c4cc(C)on4)n3)cc2)n1.O=C(O)C(F)(F)F. The standard InChI is InChI=1S/C18H17N7O.C2HF3O2/c1-11-10-17(24-26-11)16-8-9-19-18(22-16)21-14-4-6-15(7-5-14)25-13(3)20-12(2)23-25;3-2(4,5)1(6)7/h4-10H,1-3H3,(H,19,21,22);(H,6,7). The van der Waals surface area contributed by atoms with Crippen LogP contribution in [0.4, 0.5) is 24.8 Å². The van der Waals surface area contributed by atoms with Crippen LogP contribution in [0.3, 0.4) is 0 Å². The number of carboxylic acid groups (broad SMARTS) is 1. The Balaban J connectivity index is 0.000000383. The highest BCUT2D eigenvalue weighted by atomic mass is 19.4. The normalized spacial score (nSPS) is 11.0. The number of rotatable bonds is 4. The minimum absolute atomic E-state index is 0.490. The molecule has 0 fully saturated rings. The van der Waals surface area contributed by atoms with Crippen molar-refractivity contribution in [2.24, 2.45) is 0 Å². The van der Waals surface area contributed by atoms with Crippen molar-refractivity contribution in [3.8, 4) is 17.1 Å². The molecule has 1 aromatic carbocycles. The van der Waals surface area contributed by atoms with E-state index in [0.29, 0.717) is 17.3 Å². The molecule has 0 saturated heterocycles. The molecule has 0 atom stereocenters. The van der Waals surface area contributed by atoms with Gasteiger partial charge in [0.1, 0.15) is 23.1 Å². The monoisotopic (exact) mass is 461 g/mol. The molecular formula is C20H18F3N7O3. The molecule has 2 N–H and O–H groups in total. The number of aliphatic carboxylic acids is 1. The number of aryl methyl sites for hydroxylation is 3. The molecule has 4 rings (SSSR count). The molecule has 13 heteroatoms. The van der Waals surface area contributed by atoms with Crippen LogP contribution in [0.5, 0.6) is 0 Å². The number of hydrogen-bond donors (Lipinski definition) is 2. The van der Waals surface area contributed by atoms with Crippen molar-refractivity contribution in [3.05, 3.63) is 60.0 Å². The Morgan fingerprint density at radius 3 is 2.24 bits per heavy atom. The van der Waals surface area contributed by atoms with Crippen molar-refractivity contribution in [1.82, 2.24) is 29.9 Å². The van der Waals surface area contributed by atoms with E-state index in [1.165, 1.54) is 0 Å². The zero-order chi connectivity index (χ0) is 24.2. The lowest BCUT2D eigenvalue weighted by atomic mass is 10.2. The number of benzene rings is 1. The largest absolute Gasteiger partial charge is 0.490 e. The maximum absolute atomic E-state index is 10.6. The van der Waals surface area contributed by atoms with Crippen molar-refractivity contribution < 1.29 is 27.6 Å². The number of alkyl halides is 3. The van der Waals surface area contributed by atoms with Crippen LogP contribution in [0.25, 0.3) is 17.1 Å². The Morgan fingerprint density at radius 1 is 1.06 bits per heavy atom. The molecule has 33 heavy (non-hydrogen) atoms. The third kappa shape index (κ3) is 6.12. The first-order chi connectivity index (χ1) is 15.5. The van der Waals surface area contributed by atoms with Gasteiger partial charge in [-0.1, -0.05) is 5.16 Å². The summed E-state index contributed by atoms with van der Waals surface area (Å²) in [5, 5.41) is 18.7. The summed E-state index contributed by atoms with van der Waals surface area (Å²) in [5.41, 5.74) is 3.20. The average molecular weight is 461 g/mol. The quantitative estimate of drug-likeness (QED) is 0.462. The maximum Gasteiger partial charge on any atom is 0.490 e. The predicted molar refractivity (Wildman–Crippen MR) is 110 cm³/mol. The summed E-state index contributed by atoms with van der Waals surface area (Å²) in [6.45, 7) is 5.65. The molecule has 172 valence electrons. The second-order valence-electron chi connectivity index (χ2n) is 6.68. The molecule has 0 aliphatic carbocycles. The zero-order valence-electron chi connectivity index (χ0n) is 17.6. The van der Waals surface area contributed by atoms with Crippen molar-refractivity contribution in [3.63, 3.8) is 0 Å². The fourth-order valence-corrected chi connectivity index (χ4v) is 2.63. The average Bonchev–Trinajstić information content (AvgIpc) is 3.33. The van der Waals surface area contributed by atoms with E-state index in [1.54, 1.807) is 12.3 Å². The Morgan fingerprint density at radius 2 is 1.73 bits per heavy atom. The summed E-state index contributed by atoms with van der Waals surface area (Å²) in [6, 6.07) is 11.5. The van der Waals surface area contributed by atoms with Crippen LogP contribution in [0, 0.1) is 20.8 Å². The predicted octanol–water partition coefficient (Wildman–Crippen LogP) is 4.01. The molecule has 0 aliphatic rings. The second-order valence-corrected chi connectivity index (χ2v) is 6.68. The Hall–Kier alpha value is -4.29. The van der Waals surface area contributed by atoms with E-state index in [1.807, 2.05) is 55.8 Å². The highest BCUT2D eigenvalue weighted by Gasteiger charge is 2.38.